The Morgan fingerprint density at radius 1 is 0.611 bits per heavy atom. The second-order valence-corrected chi connectivity index (χ2v) is 15.9. The quantitative estimate of drug-likeness (QED) is 0.0318. The summed E-state index contributed by atoms with van der Waals surface area (Å²) in [7, 11) is -14.6. The van der Waals surface area contributed by atoms with Gasteiger partial charge in [-0.3, -0.25) is 13.7 Å². The van der Waals surface area contributed by atoms with Crippen molar-refractivity contribution in [2.75, 3.05) is 16.0 Å². The van der Waals surface area contributed by atoms with Crippen LogP contribution in [0, 0.1) is 0 Å². The molecule has 20 nitrogen and oxygen atoms in total. The molecule has 280 valence electrons. The number of nitrogens with one attached hydrogen (secondary N) is 3. The molecule has 0 aliphatic rings. The van der Waals surface area contributed by atoms with Gasteiger partial charge in [-0.2, -0.15) is 40.2 Å². The van der Waals surface area contributed by atoms with Crippen molar-refractivity contribution in [1.29, 1.82) is 0 Å². The zero-order valence-electron chi connectivity index (χ0n) is 26.5. The summed E-state index contributed by atoms with van der Waals surface area (Å²) >= 11 is 0.449. The van der Waals surface area contributed by atoms with Crippen LogP contribution < -0.4 is 16.0 Å². The Balaban J connectivity index is 1.43. The lowest BCUT2D eigenvalue weighted by Gasteiger charge is -2.14. The molecule has 0 spiro atoms. The molecule has 8 N–H and O–H groups in total. The zero-order chi connectivity index (χ0) is 39.0. The maximum Gasteiger partial charge on any atom is 0.335 e. The lowest BCUT2D eigenvalue weighted by Crippen LogP contribution is -2.08. The van der Waals surface area contributed by atoms with E-state index in [1.807, 2.05) is 0 Å². The van der Waals surface area contributed by atoms with Gasteiger partial charge in [0.05, 0.1) is 22.5 Å². The van der Waals surface area contributed by atoms with Gasteiger partial charge in [-0.25, -0.2) is 10.1 Å². The van der Waals surface area contributed by atoms with Gasteiger partial charge in [0.25, 0.3) is 30.4 Å². The Labute approximate surface area is 308 Å². The highest BCUT2D eigenvalue weighted by Crippen LogP contribution is 2.34. The number of carbonyl (C=O) groups is 1. The monoisotopic (exact) mass is 818 g/mol. The number of carboxylic acid groups (broad SMARTS) is 1. The number of nitrogens with zero attached hydrogens (tertiary/aromatic N) is 3. The number of anilines is 6. The molecule has 5 aromatic carbocycles. The van der Waals surface area contributed by atoms with E-state index in [9.17, 15) is 48.8 Å². The second-order valence-electron chi connectivity index (χ2n) is 10.9. The maximum absolute atomic E-state index is 12.1. The molecule has 0 fully saturated rings. The van der Waals surface area contributed by atoms with E-state index < -0.39 is 51.0 Å². The number of hydrogen-bond acceptors (Lipinski definition) is 17. The molecule has 1 heterocycles. The molecule has 6 rings (SSSR count). The molecule has 54 heavy (non-hydrogen) atoms. The molecular formula is C30H22N6O14S4. The van der Waals surface area contributed by atoms with Crippen LogP contribution in [0.2, 0.25) is 0 Å². The minimum Gasteiger partial charge on any atom is -0.478 e. The molecule has 0 aliphatic heterocycles. The molecule has 0 radical (unpaired) electrons. The first-order valence-corrected chi connectivity index (χ1v) is 19.6. The molecule has 24 heteroatoms. The van der Waals surface area contributed by atoms with Crippen LogP contribution in [0.15, 0.2) is 105 Å². The number of fused-ring (bicyclic) bond motifs is 2. The van der Waals surface area contributed by atoms with E-state index in [0.717, 1.165) is 12.1 Å². The highest BCUT2D eigenvalue weighted by atomic mass is 32.2. The van der Waals surface area contributed by atoms with Gasteiger partial charge < -0.3 is 21.1 Å². The fourth-order valence-electron chi connectivity index (χ4n) is 5.11. The first-order valence-electron chi connectivity index (χ1n) is 14.5. The van der Waals surface area contributed by atoms with Gasteiger partial charge in [0.1, 0.15) is 9.79 Å². The van der Waals surface area contributed by atoms with Crippen LogP contribution in [-0.4, -0.2) is 70.2 Å². The van der Waals surface area contributed by atoms with Crippen molar-refractivity contribution in [3.8, 4) is 0 Å². The third-order valence-corrected chi connectivity index (χ3v) is 10.5. The summed E-state index contributed by atoms with van der Waals surface area (Å²) in [6, 6.07) is 18.0. The summed E-state index contributed by atoms with van der Waals surface area (Å²) in [6.07, 6.45) is 0. The van der Waals surface area contributed by atoms with Gasteiger partial charge in [0.15, 0.2) is 0 Å². The zero-order valence-corrected chi connectivity index (χ0v) is 29.7. The van der Waals surface area contributed by atoms with Crippen molar-refractivity contribution in [3.63, 3.8) is 0 Å². The molecule has 0 amide bonds. The largest absolute Gasteiger partial charge is 0.478 e. The highest BCUT2D eigenvalue weighted by Gasteiger charge is 2.21. The highest BCUT2D eigenvalue weighted by molar-refractivity contribution is 7.94. The van der Waals surface area contributed by atoms with Crippen molar-refractivity contribution in [2.45, 2.75) is 19.6 Å². The van der Waals surface area contributed by atoms with Crippen molar-refractivity contribution >= 4 is 105 Å². The number of carboxylic acids is 1. The first-order chi connectivity index (χ1) is 25.4. The third-order valence-electron chi connectivity index (χ3n) is 7.30. The average molecular weight is 819 g/mol. The predicted octanol–water partition coefficient (Wildman–Crippen LogP) is 5.28. The van der Waals surface area contributed by atoms with Crippen molar-refractivity contribution in [1.82, 2.24) is 15.0 Å². The van der Waals surface area contributed by atoms with Crippen molar-refractivity contribution in [3.05, 3.63) is 90.5 Å². The second kappa shape index (κ2) is 14.7. The topological polar surface area (TPSA) is 314 Å². The van der Waals surface area contributed by atoms with E-state index in [1.165, 1.54) is 66.7 Å². The van der Waals surface area contributed by atoms with Crippen molar-refractivity contribution in [2.24, 2.45) is 0 Å². The summed E-state index contributed by atoms with van der Waals surface area (Å²) in [5.41, 5.74) is 0.656. The summed E-state index contributed by atoms with van der Waals surface area (Å²) < 4.78 is 106. The van der Waals surface area contributed by atoms with E-state index in [1.54, 1.807) is 0 Å². The number of hydrogen-bond donors (Lipinski definition) is 8. The number of benzene rings is 5. The fourth-order valence-corrected chi connectivity index (χ4v) is 7.73. The van der Waals surface area contributed by atoms with Gasteiger partial charge in [0, 0.05) is 32.7 Å². The minimum absolute atomic E-state index is 0.0344. The average Bonchev–Trinajstić information content (AvgIpc) is 3.08. The van der Waals surface area contributed by atoms with Crippen LogP contribution >= 0.6 is 12.0 Å². The molecule has 6 aromatic rings. The Bertz CT molecular complexity index is 2820. The van der Waals surface area contributed by atoms with Gasteiger partial charge in [-0.1, -0.05) is 23.2 Å². The fraction of sp³-hybridized carbons (Fsp3) is 0. The van der Waals surface area contributed by atoms with E-state index in [4.69, 9.17) is 5.26 Å². The first kappa shape index (κ1) is 38.2. The van der Waals surface area contributed by atoms with Crippen LogP contribution in [0.5, 0.6) is 0 Å². The number of rotatable bonds is 13. The van der Waals surface area contributed by atoms with Gasteiger partial charge in [-0.15, -0.1) is 4.33 Å². The van der Waals surface area contributed by atoms with Crippen LogP contribution in [0.25, 0.3) is 21.5 Å². The molecular weight excluding hydrogens is 797 g/mol. The molecule has 0 unspecified atom stereocenters. The summed E-state index contributed by atoms with van der Waals surface area (Å²) in [4.78, 5) is 22.6. The third kappa shape index (κ3) is 8.80. The lowest BCUT2D eigenvalue weighted by atomic mass is 10.1. The van der Waals surface area contributed by atoms with Crippen LogP contribution in [0.3, 0.4) is 0 Å². The normalized spacial score (nSPS) is 12.1. The Morgan fingerprint density at radius 3 is 1.59 bits per heavy atom. The van der Waals surface area contributed by atoms with Gasteiger partial charge in [-0.05, 0) is 77.5 Å². The van der Waals surface area contributed by atoms with Crippen molar-refractivity contribution < 1.29 is 63.4 Å². The van der Waals surface area contributed by atoms with Crippen LogP contribution in [0.1, 0.15) is 10.4 Å². The van der Waals surface area contributed by atoms with E-state index in [-0.39, 0.29) is 66.9 Å². The van der Waals surface area contributed by atoms with E-state index in [0.29, 0.717) is 18.1 Å². The van der Waals surface area contributed by atoms with Crippen LogP contribution in [0.4, 0.5) is 34.9 Å². The molecule has 0 bridgehead atoms. The predicted molar refractivity (Wildman–Crippen MR) is 191 cm³/mol. The van der Waals surface area contributed by atoms with E-state index >= 15 is 0 Å². The smallest absolute Gasteiger partial charge is 0.335 e. The summed E-state index contributed by atoms with van der Waals surface area (Å²) in [5.74, 6) is -1.63. The van der Waals surface area contributed by atoms with Gasteiger partial charge in [0.2, 0.25) is 17.8 Å². The summed E-state index contributed by atoms with van der Waals surface area (Å²) in [5, 5.41) is 30.5. The Kier molecular flexibility index (Phi) is 10.4. The number of aromatic nitrogens is 3. The molecule has 1 aromatic heterocycles. The molecule has 0 saturated carbocycles. The van der Waals surface area contributed by atoms with Crippen LogP contribution in [-0.2, 0) is 39.7 Å². The minimum atomic E-state index is -4.94. The molecule has 0 atom stereocenters. The number of aromatic carboxylic acids is 1. The van der Waals surface area contributed by atoms with Gasteiger partial charge >= 0.3 is 5.97 Å². The standard InChI is InChI=1S/C30H22N6O14S4/c37-27(38)15-2-1-3-18(8-15)31-28-34-29(32-19-4-6-23-16(9-19)11-21(51-50-49-39)13-25(23)53(43,44)45)36-30(35-28)33-20-5-7-24-17(10-20)12-22(52(40,41)42)14-26(24)54(46,47)48/h1-14,39H,(H,37,38)(H,40,41,42)(H,43,44,45)(H,46,47,48)(H3,31,32,33,34,35,36). The molecule has 0 saturated heterocycles. The molecule has 0 aliphatic carbocycles. The Hall–Kier alpha value is -5.54. The summed E-state index contributed by atoms with van der Waals surface area (Å²) in [6.45, 7) is 0. The SMILES string of the molecule is O=C(O)c1cccc(Nc2nc(Nc3ccc4c(S(=O)(=O)O)cc(SOOO)cc4c3)nc(Nc3ccc4c(S(=O)(=O)O)cc(S(=O)(=O)O)cc4c3)n2)c1. The Morgan fingerprint density at radius 2 is 1.11 bits per heavy atom. The maximum atomic E-state index is 12.1. The van der Waals surface area contributed by atoms with E-state index in [2.05, 4.69) is 40.3 Å². The lowest BCUT2D eigenvalue weighted by molar-refractivity contribution is -0.432.